The van der Waals surface area contributed by atoms with Crippen molar-refractivity contribution >= 4 is 21.1 Å². The number of hydrogen-bond donors (Lipinski definition) is 1. The van der Waals surface area contributed by atoms with Crippen LogP contribution >= 0.6 is 0 Å². The molecule has 6 nitrogen and oxygen atoms in total. The number of nitrogens with zero attached hydrogens (tertiary/aromatic N) is 3. The zero-order chi connectivity index (χ0) is 13.5. The van der Waals surface area contributed by atoms with Gasteiger partial charge in [0.1, 0.15) is 0 Å². The van der Waals surface area contributed by atoms with E-state index >= 15 is 0 Å². The van der Waals surface area contributed by atoms with Gasteiger partial charge < -0.3 is 0 Å². The third-order valence-corrected chi connectivity index (χ3v) is 5.56. The molecule has 0 bridgehead atoms. The van der Waals surface area contributed by atoms with E-state index in [0.29, 0.717) is 17.6 Å². The lowest BCUT2D eigenvalue weighted by Crippen LogP contribution is -2.42. The fourth-order valence-electron chi connectivity index (χ4n) is 2.57. The van der Waals surface area contributed by atoms with Crippen LogP contribution in [0.15, 0.2) is 23.4 Å². The summed E-state index contributed by atoms with van der Waals surface area (Å²) in [6, 6.07) is 3.48. The molecule has 0 spiro atoms. The molecule has 102 valence electrons. The number of aromatic amines is 1. The molecule has 1 aliphatic heterocycles. The molecule has 1 unspecified atom stereocenters. The van der Waals surface area contributed by atoms with Gasteiger partial charge in [0.05, 0.1) is 5.39 Å². The zero-order valence-electron chi connectivity index (χ0n) is 10.7. The Morgan fingerprint density at radius 1 is 1.42 bits per heavy atom. The number of hydrogen-bond acceptors (Lipinski definition) is 4. The van der Waals surface area contributed by atoms with E-state index in [0.717, 1.165) is 19.3 Å². The van der Waals surface area contributed by atoms with Crippen molar-refractivity contribution in [2.75, 3.05) is 6.54 Å². The maximum Gasteiger partial charge on any atom is 0.263 e. The van der Waals surface area contributed by atoms with Gasteiger partial charge in [-0.05, 0) is 31.9 Å². The minimum Gasteiger partial charge on any atom is -0.259 e. The van der Waals surface area contributed by atoms with Crippen molar-refractivity contribution in [3.63, 3.8) is 0 Å². The van der Waals surface area contributed by atoms with Crippen molar-refractivity contribution in [2.24, 2.45) is 0 Å². The largest absolute Gasteiger partial charge is 0.263 e. The third kappa shape index (κ3) is 2.02. The Balaban J connectivity index is 2.09. The number of nitrogens with one attached hydrogen (secondary N) is 1. The third-order valence-electron chi connectivity index (χ3n) is 3.60. The fourth-order valence-corrected chi connectivity index (χ4v) is 4.34. The Morgan fingerprint density at radius 3 is 3.05 bits per heavy atom. The zero-order valence-corrected chi connectivity index (χ0v) is 11.5. The van der Waals surface area contributed by atoms with Gasteiger partial charge in [0.15, 0.2) is 5.65 Å². The molecule has 1 fully saturated rings. The lowest BCUT2D eigenvalue weighted by Gasteiger charge is -2.31. The van der Waals surface area contributed by atoms with E-state index < -0.39 is 10.0 Å². The maximum atomic E-state index is 12.7. The summed E-state index contributed by atoms with van der Waals surface area (Å²) >= 11 is 0. The second-order valence-electron chi connectivity index (χ2n) is 4.89. The van der Waals surface area contributed by atoms with Crippen molar-refractivity contribution in [1.29, 1.82) is 0 Å². The Kier molecular flexibility index (Phi) is 3.02. The predicted octanol–water partition coefficient (Wildman–Crippen LogP) is 1.52. The summed E-state index contributed by atoms with van der Waals surface area (Å²) in [6.07, 6.45) is 4.50. The molecule has 1 aliphatic rings. The average molecular weight is 280 g/mol. The number of aromatic nitrogens is 3. The van der Waals surface area contributed by atoms with Gasteiger partial charge in [-0.2, -0.15) is 9.40 Å². The van der Waals surface area contributed by atoms with E-state index in [4.69, 9.17) is 0 Å². The lowest BCUT2D eigenvalue weighted by molar-refractivity contribution is 0.268. The summed E-state index contributed by atoms with van der Waals surface area (Å²) in [5.41, 5.74) is 0.505. The monoisotopic (exact) mass is 280 g/mol. The summed E-state index contributed by atoms with van der Waals surface area (Å²) < 4.78 is 26.9. The minimum atomic E-state index is -3.54. The van der Waals surface area contributed by atoms with E-state index in [-0.39, 0.29) is 11.1 Å². The highest BCUT2D eigenvalue weighted by atomic mass is 32.2. The van der Waals surface area contributed by atoms with E-state index in [2.05, 4.69) is 15.2 Å². The molecule has 2 aromatic heterocycles. The highest BCUT2D eigenvalue weighted by molar-refractivity contribution is 7.89. The van der Waals surface area contributed by atoms with Gasteiger partial charge in [0.25, 0.3) is 10.0 Å². The van der Waals surface area contributed by atoms with Gasteiger partial charge in [-0.15, -0.1) is 0 Å². The van der Waals surface area contributed by atoms with Gasteiger partial charge in [0, 0.05) is 18.8 Å². The van der Waals surface area contributed by atoms with Crippen LogP contribution in [-0.2, 0) is 10.0 Å². The number of pyridine rings is 1. The first-order chi connectivity index (χ1) is 9.10. The van der Waals surface area contributed by atoms with E-state index in [1.165, 1.54) is 0 Å². The molecule has 1 saturated heterocycles. The number of fused-ring (bicyclic) bond motifs is 1. The van der Waals surface area contributed by atoms with Crippen LogP contribution in [0.4, 0.5) is 0 Å². The van der Waals surface area contributed by atoms with Crippen LogP contribution in [0, 0.1) is 0 Å². The summed E-state index contributed by atoms with van der Waals surface area (Å²) in [5.74, 6) is 0. The van der Waals surface area contributed by atoms with Gasteiger partial charge >= 0.3 is 0 Å². The first-order valence-electron chi connectivity index (χ1n) is 6.41. The van der Waals surface area contributed by atoms with Gasteiger partial charge in [-0.25, -0.2) is 13.4 Å². The number of sulfonamides is 1. The van der Waals surface area contributed by atoms with Gasteiger partial charge in [-0.1, -0.05) is 6.42 Å². The average Bonchev–Trinajstić information content (AvgIpc) is 2.83. The van der Waals surface area contributed by atoms with Crippen LogP contribution in [0.2, 0.25) is 0 Å². The van der Waals surface area contributed by atoms with Crippen molar-refractivity contribution < 1.29 is 8.42 Å². The molecular formula is C12H16N4O2S. The molecule has 7 heteroatoms. The topological polar surface area (TPSA) is 79.0 Å². The molecule has 1 atom stereocenters. The molecule has 0 aromatic carbocycles. The number of rotatable bonds is 2. The molecule has 0 aliphatic carbocycles. The summed E-state index contributed by atoms with van der Waals surface area (Å²) in [6.45, 7) is 2.52. The molecular weight excluding hydrogens is 264 g/mol. The highest BCUT2D eigenvalue weighted by Crippen LogP contribution is 2.27. The van der Waals surface area contributed by atoms with E-state index in [1.54, 1.807) is 22.6 Å². The van der Waals surface area contributed by atoms with Crippen molar-refractivity contribution in [1.82, 2.24) is 19.5 Å². The van der Waals surface area contributed by atoms with Crippen LogP contribution < -0.4 is 0 Å². The first-order valence-corrected chi connectivity index (χ1v) is 7.85. The molecule has 1 N–H and O–H groups in total. The molecule has 2 aromatic rings. The van der Waals surface area contributed by atoms with E-state index in [9.17, 15) is 8.42 Å². The number of piperidine rings is 1. The normalized spacial score (nSPS) is 21.8. The van der Waals surface area contributed by atoms with Crippen molar-refractivity contribution in [2.45, 2.75) is 37.3 Å². The first kappa shape index (κ1) is 12.6. The van der Waals surface area contributed by atoms with Crippen LogP contribution in [0.3, 0.4) is 0 Å². The minimum absolute atomic E-state index is 0.0298. The standard InChI is InChI=1S/C12H16N4O2S/c1-9-5-2-3-8-16(9)19(17,18)12-10-6-4-7-13-11(10)14-15-12/h4,6-7,9H,2-3,5,8H2,1H3,(H,13,14,15). The summed E-state index contributed by atoms with van der Waals surface area (Å²) in [4.78, 5) is 4.08. The van der Waals surface area contributed by atoms with Crippen molar-refractivity contribution in [3.05, 3.63) is 18.3 Å². The molecule has 3 rings (SSSR count). The number of H-pyrrole nitrogens is 1. The van der Waals surface area contributed by atoms with Crippen molar-refractivity contribution in [3.8, 4) is 0 Å². The second-order valence-corrected chi connectivity index (χ2v) is 6.69. The van der Waals surface area contributed by atoms with E-state index in [1.807, 2.05) is 6.92 Å². The Bertz CT molecular complexity index is 695. The fraction of sp³-hybridized carbons (Fsp3) is 0.500. The summed E-state index contributed by atoms with van der Waals surface area (Å²) in [7, 11) is -3.54. The lowest BCUT2D eigenvalue weighted by atomic mass is 10.1. The SMILES string of the molecule is CC1CCCCN1S(=O)(=O)c1n[nH]c2ncccc12. The summed E-state index contributed by atoms with van der Waals surface area (Å²) in [5, 5.41) is 7.28. The Labute approximate surface area is 111 Å². The van der Waals surface area contributed by atoms with Crippen LogP contribution in [0.25, 0.3) is 11.0 Å². The van der Waals surface area contributed by atoms with Crippen LogP contribution in [0.5, 0.6) is 0 Å². The highest BCUT2D eigenvalue weighted by Gasteiger charge is 2.33. The van der Waals surface area contributed by atoms with Gasteiger partial charge in [0.2, 0.25) is 5.03 Å². The Hall–Kier alpha value is -1.47. The molecule has 0 amide bonds. The van der Waals surface area contributed by atoms with Crippen LogP contribution in [-0.4, -0.2) is 40.5 Å². The molecule has 3 heterocycles. The molecule has 19 heavy (non-hydrogen) atoms. The smallest absolute Gasteiger partial charge is 0.259 e. The molecule has 0 saturated carbocycles. The predicted molar refractivity (Wildman–Crippen MR) is 71.1 cm³/mol. The second kappa shape index (κ2) is 4.57. The Morgan fingerprint density at radius 2 is 2.26 bits per heavy atom. The van der Waals surface area contributed by atoms with Gasteiger partial charge in [-0.3, -0.25) is 5.10 Å². The maximum absolute atomic E-state index is 12.7. The van der Waals surface area contributed by atoms with Crippen LogP contribution in [0.1, 0.15) is 26.2 Å². The quantitative estimate of drug-likeness (QED) is 0.904. The molecule has 0 radical (unpaired) electrons.